The maximum absolute atomic E-state index is 10.9. The highest BCUT2D eigenvalue weighted by atomic mass is 16.1. The van der Waals surface area contributed by atoms with E-state index in [0.29, 0.717) is 0 Å². The summed E-state index contributed by atoms with van der Waals surface area (Å²) in [5.74, 6) is 0. The molecule has 0 atom stereocenters. The van der Waals surface area contributed by atoms with Gasteiger partial charge in [0.1, 0.15) is 0 Å². The van der Waals surface area contributed by atoms with Gasteiger partial charge >= 0.3 is 0 Å². The lowest BCUT2D eigenvalue weighted by Gasteiger charge is -2.02. The molecule has 3 nitrogen and oxygen atoms in total. The maximum atomic E-state index is 10.9. The van der Waals surface area contributed by atoms with E-state index >= 15 is 0 Å². The second-order valence-electron chi connectivity index (χ2n) is 3.87. The van der Waals surface area contributed by atoms with E-state index in [0.717, 1.165) is 16.6 Å². The molecule has 0 fully saturated rings. The molecule has 1 N–H and O–H groups in total. The lowest BCUT2D eigenvalue weighted by molar-refractivity contribution is 0.996. The van der Waals surface area contributed by atoms with Gasteiger partial charge in [0.05, 0.1) is 5.69 Å². The Balaban J connectivity index is 2.17. The molecular weight excluding hydrogens is 212 g/mol. The number of H-pyrrole nitrogens is 1. The van der Waals surface area contributed by atoms with E-state index in [1.165, 1.54) is 11.5 Å². The van der Waals surface area contributed by atoms with E-state index in [2.05, 4.69) is 34.5 Å². The zero-order valence-electron chi connectivity index (χ0n) is 9.05. The number of rotatable bonds is 1. The summed E-state index contributed by atoms with van der Waals surface area (Å²) < 4.78 is 0. The summed E-state index contributed by atoms with van der Waals surface area (Å²) in [6.45, 7) is 0. The molecule has 0 saturated heterocycles. The monoisotopic (exact) mass is 222 g/mol. The number of fused-ring (bicyclic) bond motifs is 1. The largest absolute Gasteiger partial charge is 0.268 e. The molecule has 17 heavy (non-hydrogen) atoms. The zero-order valence-corrected chi connectivity index (χ0v) is 9.05. The van der Waals surface area contributed by atoms with Crippen molar-refractivity contribution in [2.45, 2.75) is 0 Å². The Kier molecular flexibility index (Phi) is 2.22. The third-order valence-corrected chi connectivity index (χ3v) is 2.72. The smallest absolute Gasteiger partial charge is 0.264 e. The van der Waals surface area contributed by atoms with Crippen LogP contribution >= 0.6 is 0 Å². The molecular formula is C14H10N2O. The highest BCUT2D eigenvalue weighted by molar-refractivity contribution is 5.86. The second kappa shape index (κ2) is 3.87. The molecule has 3 aromatic rings. The molecule has 0 amide bonds. The van der Waals surface area contributed by atoms with Crippen molar-refractivity contribution in [1.82, 2.24) is 10.2 Å². The number of aromatic amines is 1. The van der Waals surface area contributed by atoms with Crippen molar-refractivity contribution >= 4 is 10.8 Å². The molecule has 1 aromatic heterocycles. The van der Waals surface area contributed by atoms with Gasteiger partial charge in [-0.1, -0.05) is 36.4 Å². The molecule has 3 heteroatoms. The van der Waals surface area contributed by atoms with Gasteiger partial charge in [0.2, 0.25) is 0 Å². The highest BCUT2D eigenvalue weighted by Gasteiger charge is 2.00. The predicted molar refractivity (Wildman–Crippen MR) is 67.8 cm³/mol. The van der Waals surface area contributed by atoms with Crippen molar-refractivity contribution in [3.05, 3.63) is 65.0 Å². The van der Waals surface area contributed by atoms with Crippen LogP contribution in [0.3, 0.4) is 0 Å². The fourth-order valence-electron chi connectivity index (χ4n) is 1.85. The fraction of sp³-hybridized carbons (Fsp3) is 0. The van der Waals surface area contributed by atoms with Crippen molar-refractivity contribution in [2.75, 3.05) is 0 Å². The second-order valence-corrected chi connectivity index (χ2v) is 3.87. The van der Waals surface area contributed by atoms with Gasteiger partial charge < -0.3 is 0 Å². The molecule has 82 valence electrons. The molecule has 0 radical (unpaired) electrons. The molecule has 3 rings (SSSR count). The van der Waals surface area contributed by atoms with Gasteiger partial charge in [-0.2, -0.15) is 5.10 Å². The number of hydrogen-bond acceptors (Lipinski definition) is 2. The first kappa shape index (κ1) is 9.78. The van der Waals surface area contributed by atoms with Gasteiger partial charge in [-0.15, -0.1) is 0 Å². The van der Waals surface area contributed by atoms with Crippen LogP contribution in [0.5, 0.6) is 0 Å². The van der Waals surface area contributed by atoms with Crippen LogP contribution in [-0.4, -0.2) is 10.2 Å². The quantitative estimate of drug-likeness (QED) is 0.687. The van der Waals surface area contributed by atoms with Crippen molar-refractivity contribution < 1.29 is 0 Å². The Labute approximate surface area is 97.7 Å². The first-order valence-corrected chi connectivity index (χ1v) is 5.38. The van der Waals surface area contributed by atoms with Gasteiger partial charge in [0, 0.05) is 11.6 Å². The molecule has 0 aliphatic carbocycles. The SMILES string of the molecule is O=c1ccc(-c2ccc3ccccc3c2)n[nH]1. The van der Waals surface area contributed by atoms with E-state index in [4.69, 9.17) is 0 Å². The van der Waals surface area contributed by atoms with Crippen LogP contribution in [-0.2, 0) is 0 Å². The molecule has 2 aromatic carbocycles. The minimum Gasteiger partial charge on any atom is -0.268 e. The third kappa shape index (κ3) is 1.83. The minimum atomic E-state index is -0.186. The van der Waals surface area contributed by atoms with Crippen molar-refractivity contribution in [2.24, 2.45) is 0 Å². The Morgan fingerprint density at radius 2 is 1.71 bits per heavy atom. The first-order chi connectivity index (χ1) is 8.33. The zero-order chi connectivity index (χ0) is 11.7. The van der Waals surface area contributed by atoms with E-state index in [1.807, 2.05) is 18.2 Å². The van der Waals surface area contributed by atoms with Gasteiger partial charge in [-0.3, -0.25) is 4.79 Å². The minimum absolute atomic E-state index is 0.186. The Bertz CT molecular complexity index is 711. The van der Waals surface area contributed by atoms with Gasteiger partial charge in [-0.05, 0) is 22.9 Å². The third-order valence-electron chi connectivity index (χ3n) is 2.72. The lowest BCUT2D eigenvalue weighted by atomic mass is 10.1. The van der Waals surface area contributed by atoms with Crippen LogP contribution < -0.4 is 5.56 Å². The standard InChI is InChI=1S/C14H10N2O/c17-14-8-7-13(15-16-14)12-6-5-10-3-1-2-4-11(10)9-12/h1-9H,(H,16,17). The molecule has 0 unspecified atom stereocenters. The molecule has 1 heterocycles. The summed E-state index contributed by atoms with van der Waals surface area (Å²) in [6, 6.07) is 17.5. The molecule has 0 spiro atoms. The van der Waals surface area contributed by atoms with Gasteiger partial charge in [0.25, 0.3) is 5.56 Å². The van der Waals surface area contributed by atoms with Crippen LogP contribution in [0.15, 0.2) is 59.4 Å². The normalized spacial score (nSPS) is 10.6. The topological polar surface area (TPSA) is 45.8 Å². The predicted octanol–water partition coefficient (Wildman–Crippen LogP) is 2.59. The van der Waals surface area contributed by atoms with Crippen LogP contribution in [0.4, 0.5) is 0 Å². The van der Waals surface area contributed by atoms with Crippen molar-refractivity contribution in [1.29, 1.82) is 0 Å². The first-order valence-electron chi connectivity index (χ1n) is 5.38. The van der Waals surface area contributed by atoms with Crippen molar-refractivity contribution in [3.63, 3.8) is 0 Å². The molecule has 0 aliphatic rings. The van der Waals surface area contributed by atoms with E-state index in [-0.39, 0.29) is 5.56 Å². The average Bonchev–Trinajstić information content (AvgIpc) is 2.39. The van der Waals surface area contributed by atoms with Crippen molar-refractivity contribution in [3.8, 4) is 11.3 Å². The number of nitrogens with zero attached hydrogens (tertiary/aromatic N) is 1. The van der Waals surface area contributed by atoms with Crippen LogP contribution in [0.1, 0.15) is 0 Å². The van der Waals surface area contributed by atoms with Crippen LogP contribution in [0.25, 0.3) is 22.0 Å². The summed E-state index contributed by atoms with van der Waals surface area (Å²) >= 11 is 0. The molecule has 0 aliphatic heterocycles. The number of nitrogens with one attached hydrogen (secondary N) is 1. The van der Waals surface area contributed by atoms with E-state index in [1.54, 1.807) is 6.07 Å². The molecule has 0 saturated carbocycles. The Hall–Kier alpha value is -2.42. The van der Waals surface area contributed by atoms with Crippen LogP contribution in [0.2, 0.25) is 0 Å². The summed E-state index contributed by atoms with van der Waals surface area (Å²) in [5.41, 5.74) is 1.59. The summed E-state index contributed by atoms with van der Waals surface area (Å²) in [6.07, 6.45) is 0. The maximum Gasteiger partial charge on any atom is 0.264 e. The summed E-state index contributed by atoms with van der Waals surface area (Å²) in [4.78, 5) is 10.9. The van der Waals surface area contributed by atoms with Gasteiger partial charge in [0.15, 0.2) is 0 Å². The van der Waals surface area contributed by atoms with E-state index < -0.39 is 0 Å². The fourth-order valence-corrected chi connectivity index (χ4v) is 1.85. The number of benzene rings is 2. The van der Waals surface area contributed by atoms with Gasteiger partial charge in [-0.25, -0.2) is 5.10 Å². The highest BCUT2D eigenvalue weighted by Crippen LogP contribution is 2.21. The summed E-state index contributed by atoms with van der Waals surface area (Å²) in [7, 11) is 0. The summed E-state index contributed by atoms with van der Waals surface area (Å²) in [5, 5.41) is 8.82. The Morgan fingerprint density at radius 1 is 0.882 bits per heavy atom. The average molecular weight is 222 g/mol. The lowest BCUT2D eigenvalue weighted by Crippen LogP contribution is -2.05. The molecule has 0 bridgehead atoms. The Morgan fingerprint density at radius 3 is 2.47 bits per heavy atom. The van der Waals surface area contributed by atoms with Crippen LogP contribution in [0, 0.1) is 0 Å². The number of aromatic nitrogens is 2. The van der Waals surface area contributed by atoms with E-state index in [9.17, 15) is 4.79 Å². The number of hydrogen-bond donors (Lipinski definition) is 1.